The molecule has 0 aliphatic rings. The number of thioether (sulfide) groups is 1. The van der Waals surface area contributed by atoms with Crippen LogP contribution < -0.4 is 10.1 Å². The second-order valence-corrected chi connectivity index (χ2v) is 6.93. The summed E-state index contributed by atoms with van der Waals surface area (Å²) >= 11 is 1.29. The lowest BCUT2D eigenvalue weighted by molar-refractivity contribution is -0.115. The van der Waals surface area contributed by atoms with Gasteiger partial charge in [0.25, 0.3) is 0 Å². The van der Waals surface area contributed by atoms with Crippen molar-refractivity contribution in [2.45, 2.75) is 17.3 Å². The molecule has 0 unspecified atom stereocenters. The lowest BCUT2D eigenvalue weighted by atomic mass is 10.2. The molecule has 0 saturated carbocycles. The van der Waals surface area contributed by atoms with E-state index in [1.54, 1.807) is 49.2 Å². The summed E-state index contributed by atoms with van der Waals surface area (Å²) in [6.07, 6.45) is 1.60. The molecule has 0 radical (unpaired) electrons. The number of ether oxygens (including phenoxy) is 1. The zero-order valence-corrected chi connectivity index (χ0v) is 15.6. The van der Waals surface area contributed by atoms with E-state index in [0.717, 1.165) is 11.4 Å². The Balaban J connectivity index is 1.73. The van der Waals surface area contributed by atoms with Gasteiger partial charge in [-0.15, -0.1) is 10.2 Å². The number of hydrogen-bond acceptors (Lipinski definition) is 6. The summed E-state index contributed by atoms with van der Waals surface area (Å²) in [6, 6.07) is 16.3. The monoisotopic (exact) mass is 379 g/mol. The van der Waals surface area contributed by atoms with E-state index in [0.29, 0.717) is 16.4 Å². The molecular formula is C19H17N5O2S. The van der Waals surface area contributed by atoms with Crippen LogP contribution in [0.4, 0.5) is 5.69 Å². The number of rotatable bonds is 6. The molecule has 0 spiro atoms. The zero-order chi connectivity index (χ0) is 19.2. The molecule has 0 bridgehead atoms. The van der Waals surface area contributed by atoms with E-state index in [-0.39, 0.29) is 5.91 Å². The van der Waals surface area contributed by atoms with Crippen molar-refractivity contribution in [3.05, 3.63) is 60.4 Å². The molecule has 136 valence electrons. The quantitative estimate of drug-likeness (QED) is 0.661. The number of nitrogens with zero attached hydrogens (tertiary/aromatic N) is 4. The molecule has 0 saturated heterocycles. The van der Waals surface area contributed by atoms with Crippen LogP contribution >= 0.6 is 11.8 Å². The van der Waals surface area contributed by atoms with Crippen LogP contribution in [0.25, 0.3) is 5.69 Å². The Morgan fingerprint density at radius 3 is 2.89 bits per heavy atom. The fourth-order valence-electron chi connectivity index (χ4n) is 2.36. The van der Waals surface area contributed by atoms with Crippen LogP contribution in [0.1, 0.15) is 12.5 Å². The van der Waals surface area contributed by atoms with Gasteiger partial charge < -0.3 is 10.1 Å². The molecule has 1 N–H and O–H groups in total. The van der Waals surface area contributed by atoms with E-state index < -0.39 is 5.25 Å². The normalized spacial score (nSPS) is 11.4. The van der Waals surface area contributed by atoms with Crippen LogP contribution in [0.5, 0.6) is 5.75 Å². The Morgan fingerprint density at radius 1 is 1.30 bits per heavy atom. The number of methoxy groups -OCH3 is 1. The maximum Gasteiger partial charge on any atom is 0.237 e. The molecule has 7 nitrogen and oxygen atoms in total. The van der Waals surface area contributed by atoms with Crippen molar-refractivity contribution in [1.29, 1.82) is 5.26 Å². The third-order valence-electron chi connectivity index (χ3n) is 3.76. The summed E-state index contributed by atoms with van der Waals surface area (Å²) in [7, 11) is 1.61. The van der Waals surface area contributed by atoms with Gasteiger partial charge in [0.2, 0.25) is 5.91 Å². The van der Waals surface area contributed by atoms with E-state index in [2.05, 4.69) is 21.6 Å². The molecule has 2 aromatic carbocycles. The SMILES string of the molecule is COc1cccc(-n2cnnc2S[C@H](C)C(=O)Nc2cccc(C#N)c2)c1. The Bertz CT molecular complexity index is 996. The number of hydrogen-bond donors (Lipinski definition) is 1. The minimum Gasteiger partial charge on any atom is -0.497 e. The second-order valence-electron chi connectivity index (χ2n) is 5.63. The smallest absolute Gasteiger partial charge is 0.237 e. The Hall–Kier alpha value is -3.31. The van der Waals surface area contributed by atoms with E-state index in [1.165, 1.54) is 11.8 Å². The van der Waals surface area contributed by atoms with Gasteiger partial charge in [-0.2, -0.15) is 5.26 Å². The van der Waals surface area contributed by atoms with E-state index in [4.69, 9.17) is 10.00 Å². The third kappa shape index (κ3) is 4.46. The first-order valence-electron chi connectivity index (χ1n) is 8.13. The van der Waals surface area contributed by atoms with Gasteiger partial charge in [0.05, 0.1) is 29.7 Å². The van der Waals surface area contributed by atoms with E-state index in [1.807, 2.05) is 24.3 Å². The van der Waals surface area contributed by atoms with Crippen molar-refractivity contribution < 1.29 is 9.53 Å². The average Bonchev–Trinajstić information content (AvgIpc) is 3.16. The third-order valence-corrected chi connectivity index (χ3v) is 4.82. The van der Waals surface area contributed by atoms with Gasteiger partial charge in [0.15, 0.2) is 5.16 Å². The predicted molar refractivity (Wildman–Crippen MR) is 103 cm³/mol. The molecular weight excluding hydrogens is 362 g/mol. The lowest BCUT2D eigenvalue weighted by Crippen LogP contribution is -2.22. The number of amides is 1. The molecule has 0 aliphatic carbocycles. The Kier molecular flexibility index (Phi) is 5.74. The number of nitrogens with one attached hydrogen (secondary N) is 1. The average molecular weight is 379 g/mol. The molecule has 1 amide bonds. The van der Waals surface area contributed by atoms with Gasteiger partial charge in [-0.05, 0) is 37.3 Å². The standard InChI is InChI=1S/C19H17N5O2S/c1-13(18(25)22-15-6-3-5-14(9-15)11-20)27-19-23-21-12-24(19)16-7-4-8-17(10-16)26-2/h3-10,12-13H,1-2H3,(H,22,25)/t13-/m1/s1. The number of benzene rings is 2. The molecule has 1 atom stereocenters. The van der Waals surface area contributed by atoms with Gasteiger partial charge >= 0.3 is 0 Å². The van der Waals surface area contributed by atoms with Crippen molar-refractivity contribution >= 4 is 23.4 Å². The number of anilines is 1. The van der Waals surface area contributed by atoms with Crippen LogP contribution in [-0.4, -0.2) is 33.0 Å². The van der Waals surface area contributed by atoms with Crippen LogP contribution in [0.3, 0.4) is 0 Å². The van der Waals surface area contributed by atoms with Gasteiger partial charge in [-0.25, -0.2) is 0 Å². The fraction of sp³-hybridized carbons (Fsp3) is 0.158. The van der Waals surface area contributed by atoms with Gasteiger partial charge in [-0.1, -0.05) is 23.9 Å². The summed E-state index contributed by atoms with van der Waals surface area (Å²) in [4.78, 5) is 12.5. The van der Waals surface area contributed by atoms with Crippen LogP contribution in [0, 0.1) is 11.3 Å². The molecule has 3 rings (SSSR count). The van der Waals surface area contributed by atoms with Crippen molar-refractivity contribution in [2.24, 2.45) is 0 Å². The highest BCUT2D eigenvalue weighted by molar-refractivity contribution is 8.00. The molecule has 27 heavy (non-hydrogen) atoms. The number of carbonyl (C=O) groups excluding carboxylic acids is 1. The van der Waals surface area contributed by atoms with Crippen LogP contribution in [0.15, 0.2) is 60.0 Å². The van der Waals surface area contributed by atoms with E-state index >= 15 is 0 Å². The number of nitriles is 1. The number of aromatic nitrogens is 3. The molecule has 0 fully saturated rings. The lowest BCUT2D eigenvalue weighted by Gasteiger charge is -2.13. The van der Waals surface area contributed by atoms with Crippen molar-refractivity contribution in [1.82, 2.24) is 14.8 Å². The maximum atomic E-state index is 12.5. The first-order chi connectivity index (χ1) is 13.1. The highest BCUT2D eigenvalue weighted by Crippen LogP contribution is 2.26. The molecule has 3 aromatic rings. The predicted octanol–water partition coefficient (Wildman–Crippen LogP) is 3.27. The summed E-state index contributed by atoms with van der Waals surface area (Å²) in [5.74, 6) is 0.538. The fourth-order valence-corrected chi connectivity index (χ4v) is 3.21. The number of carbonyl (C=O) groups is 1. The first-order valence-corrected chi connectivity index (χ1v) is 9.01. The Labute approximate surface area is 161 Å². The Morgan fingerprint density at radius 2 is 2.11 bits per heavy atom. The van der Waals surface area contributed by atoms with Gasteiger partial charge in [0, 0.05) is 11.8 Å². The second kappa shape index (κ2) is 8.38. The summed E-state index contributed by atoms with van der Waals surface area (Å²) < 4.78 is 7.05. The summed E-state index contributed by atoms with van der Waals surface area (Å²) in [5.41, 5.74) is 1.92. The molecule has 8 heteroatoms. The van der Waals surface area contributed by atoms with Crippen molar-refractivity contribution in [2.75, 3.05) is 12.4 Å². The van der Waals surface area contributed by atoms with Crippen LogP contribution in [-0.2, 0) is 4.79 Å². The molecule has 1 heterocycles. The van der Waals surface area contributed by atoms with Crippen molar-refractivity contribution in [3.63, 3.8) is 0 Å². The van der Waals surface area contributed by atoms with Crippen LogP contribution in [0.2, 0.25) is 0 Å². The van der Waals surface area contributed by atoms with Gasteiger partial charge in [-0.3, -0.25) is 9.36 Å². The summed E-state index contributed by atoms with van der Waals surface area (Å²) in [6.45, 7) is 1.79. The highest BCUT2D eigenvalue weighted by atomic mass is 32.2. The summed E-state index contributed by atoms with van der Waals surface area (Å²) in [5, 5.41) is 20.0. The first kappa shape index (κ1) is 18.5. The largest absolute Gasteiger partial charge is 0.497 e. The van der Waals surface area contributed by atoms with E-state index in [9.17, 15) is 4.79 Å². The topological polar surface area (TPSA) is 92.8 Å². The zero-order valence-electron chi connectivity index (χ0n) is 14.8. The minimum absolute atomic E-state index is 0.185. The molecule has 0 aliphatic heterocycles. The molecule has 1 aromatic heterocycles. The minimum atomic E-state index is -0.413. The van der Waals surface area contributed by atoms with Gasteiger partial charge in [0.1, 0.15) is 12.1 Å². The van der Waals surface area contributed by atoms with Crippen molar-refractivity contribution in [3.8, 4) is 17.5 Å². The maximum absolute atomic E-state index is 12.5. The highest BCUT2D eigenvalue weighted by Gasteiger charge is 2.19.